The van der Waals surface area contributed by atoms with Gasteiger partial charge in [-0.05, 0) is 48.9 Å². The Hall–Kier alpha value is -1.35. The average Bonchev–Trinajstić information content (AvgIpc) is 2.77. The molecule has 0 saturated carbocycles. The first-order chi connectivity index (χ1) is 9.70. The zero-order valence-corrected chi connectivity index (χ0v) is 12.2. The zero-order chi connectivity index (χ0) is 14.1. The second-order valence-electron chi connectivity index (χ2n) is 5.54. The number of carbonyl (C=O) groups excluding carboxylic acids is 2. The van der Waals surface area contributed by atoms with Gasteiger partial charge >= 0.3 is 0 Å². The van der Waals surface area contributed by atoms with Gasteiger partial charge in [-0.1, -0.05) is 0 Å². The molecule has 20 heavy (non-hydrogen) atoms. The van der Waals surface area contributed by atoms with Crippen LogP contribution in [0.1, 0.15) is 47.2 Å². The SMILES string of the molecule is O=C(CCCCCl)c1cc2c3c(c1)CC(=O)N3CCC2. The topological polar surface area (TPSA) is 37.4 Å². The van der Waals surface area contributed by atoms with E-state index in [9.17, 15) is 9.59 Å². The highest BCUT2D eigenvalue weighted by atomic mass is 35.5. The Balaban J connectivity index is 1.87. The summed E-state index contributed by atoms with van der Waals surface area (Å²) < 4.78 is 0. The standard InChI is InChI=1S/C16H18ClNO2/c17-6-2-1-5-14(19)12-8-11-4-3-7-18-15(20)10-13(9-12)16(11)18/h8-9H,1-7,10H2. The second kappa shape index (κ2) is 5.57. The number of anilines is 1. The van der Waals surface area contributed by atoms with Gasteiger partial charge in [0.1, 0.15) is 0 Å². The van der Waals surface area contributed by atoms with Crippen LogP contribution in [0.3, 0.4) is 0 Å². The van der Waals surface area contributed by atoms with Crippen LogP contribution in [0.4, 0.5) is 5.69 Å². The van der Waals surface area contributed by atoms with Crippen molar-refractivity contribution in [3.63, 3.8) is 0 Å². The van der Waals surface area contributed by atoms with Gasteiger partial charge in [0.05, 0.1) is 12.1 Å². The predicted octanol–water partition coefficient (Wildman–Crippen LogP) is 3.11. The van der Waals surface area contributed by atoms with Crippen molar-refractivity contribution in [3.8, 4) is 0 Å². The summed E-state index contributed by atoms with van der Waals surface area (Å²) >= 11 is 5.64. The average molecular weight is 292 g/mol. The molecular weight excluding hydrogens is 274 g/mol. The number of carbonyl (C=O) groups is 2. The lowest BCUT2D eigenvalue weighted by Gasteiger charge is -2.25. The highest BCUT2D eigenvalue weighted by molar-refractivity contribution is 6.17. The molecule has 0 fully saturated rings. The third kappa shape index (κ3) is 2.35. The summed E-state index contributed by atoms with van der Waals surface area (Å²) in [6.07, 6.45) is 4.65. The van der Waals surface area contributed by atoms with Gasteiger partial charge < -0.3 is 4.90 Å². The molecule has 0 N–H and O–H groups in total. The summed E-state index contributed by atoms with van der Waals surface area (Å²) in [5.74, 6) is 0.949. The molecule has 0 aromatic heterocycles. The van der Waals surface area contributed by atoms with Crippen LogP contribution in [0, 0.1) is 0 Å². The molecule has 4 heteroatoms. The lowest BCUT2D eigenvalue weighted by Crippen LogP contribution is -2.31. The molecular formula is C16H18ClNO2. The third-order valence-corrected chi connectivity index (χ3v) is 4.38. The summed E-state index contributed by atoms with van der Waals surface area (Å²) in [6, 6.07) is 3.91. The van der Waals surface area contributed by atoms with E-state index in [4.69, 9.17) is 11.6 Å². The van der Waals surface area contributed by atoms with Gasteiger partial charge in [-0.3, -0.25) is 9.59 Å². The van der Waals surface area contributed by atoms with Crippen molar-refractivity contribution in [3.05, 3.63) is 28.8 Å². The van der Waals surface area contributed by atoms with E-state index in [1.807, 2.05) is 17.0 Å². The molecule has 0 bridgehead atoms. The minimum atomic E-state index is 0.172. The van der Waals surface area contributed by atoms with Crippen molar-refractivity contribution < 1.29 is 9.59 Å². The molecule has 0 unspecified atom stereocenters. The Bertz CT molecular complexity index is 568. The summed E-state index contributed by atoms with van der Waals surface area (Å²) in [5, 5.41) is 0. The maximum Gasteiger partial charge on any atom is 0.231 e. The number of hydrogen-bond acceptors (Lipinski definition) is 2. The number of Topliss-reactive ketones (excluding diaryl/α,β-unsaturated/α-hetero) is 1. The number of ketones is 1. The Labute approximate surface area is 123 Å². The van der Waals surface area contributed by atoms with Crippen LogP contribution in [-0.4, -0.2) is 24.1 Å². The number of amides is 1. The van der Waals surface area contributed by atoms with Gasteiger partial charge in [0.15, 0.2) is 5.78 Å². The summed E-state index contributed by atoms with van der Waals surface area (Å²) in [6.45, 7) is 0.821. The van der Waals surface area contributed by atoms with Gasteiger partial charge in [0, 0.05) is 24.4 Å². The van der Waals surface area contributed by atoms with Crippen LogP contribution in [0.25, 0.3) is 0 Å². The molecule has 1 amide bonds. The zero-order valence-electron chi connectivity index (χ0n) is 11.5. The molecule has 0 atom stereocenters. The smallest absolute Gasteiger partial charge is 0.231 e. The first-order valence-corrected chi connectivity index (χ1v) is 7.79. The van der Waals surface area contributed by atoms with Crippen LogP contribution >= 0.6 is 11.6 Å². The highest BCUT2D eigenvalue weighted by Crippen LogP contribution is 2.37. The van der Waals surface area contributed by atoms with E-state index in [1.165, 1.54) is 5.56 Å². The minimum Gasteiger partial charge on any atom is -0.312 e. The van der Waals surface area contributed by atoms with Crippen molar-refractivity contribution >= 4 is 29.0 Å². The Morgan fingerprint density at radius 1 is 1.25 bits per heavy atom. The number of rotatable bonds is 5. The number of nitrogens with zero attached hydrogens (tertiary/aromatic N) is 1. The number of benzene rings is 1. The lowest BCUT2D eigenvalue weighted by molar-refractivity contribution is -0.117. The van der Waals surface area contributed by atoms with Gasteiger partial charge in [0.2, 0.25) is 5.91 Å². The van der Waals surface area contributed by atoms with E-state index < -0.39 is 0 Å². The van der Waals surface area contributed by atoms with E-state index in [2.05, 4.69) is 0 Å². The summed E-state index contributed by atoms with van der Waals surface area (Å²) in [7, 11) is 0. The molecule has 2 heterocycles. The van der Waals surface area contributed by atoms with Gasteiger partial charge in [-0.15, -0.1) is 11.6 Å². The van der Waals surface area contributed by atoms with Crippen molar-refractivity contribution in [2.75, 3.05) is 17.3 Å². The summed E-state index contributed by atoms with van der Waals surface area (Å²) in [4.78, 5) is 26.1. The van der Waals surface area contributed by atoms with E-state index in [1.54, 1.807) is 0 Å². The van der Waals surface area contributed by atoms with Crippen LogP contribution < -0.4 is 4.90 Å². The third-order valence-electron chi connectivity index (χ3n) is 4.12. The normalized spacial score (nSPS) is 16.4. The number of aryl methyl sites for hydroxylation is 1. The lowest BCUT2D eigenvalue weighted by atomic mass is 9.94. The van der Waals surface area contributed by atoms with Crippen LogP contribution in [0.2, 0.25) is 0 Å². The molecule has 0 radical (unpaired) electrons. The Morgan fingerprint density at radius 3 is 2.85 bits per heavy atom. The fourth-order valence-electron chi connectivity index (χ4n) is 3.16. The Morgan fingerprint density at radius 2 is 2.05 bits per heavy atom. The van der Waals surface area contributed by atoms with Gasteiger partial charge in [-0.2, -0.15) is 0 Å². The van der Waals surface area contributed by atoms with E-state index in [-0.39, 0.29) is 11.7 Å². The van der Waals surface area contributed by atoms with Crippen molar-refractivity contribution in [1.29, 1.82) is 0 Å². The number of hydrogen-bond donors (Lipinski definition) is 0. The minimum absolute atomic E-state index is 0.172. The molecule has 0 aliphatic carbocycles. The van der Waals surface area contributed by atoms with E-state index >= 15 is 0 Å². The van der Waals surface area contributed by atoms with Crippen LogP contribution in [0.5, 0.6) is 0 Å². The monoisotopic (exact) mass is 291 g/mol. The van der Waals surface area contributed by atoms with Crippen LogP contribution in [0.15, 0.2) is 12.1 Å². The molecule has 106 valence electrons. The van der Waals surface area contributed by atoms with E-state index in [0.717, 1.165) is 49.0 Å². The fourth-order valence-corrected chi connectivity index (χ4v) is 3.35. The maximum absolute atomic E-state index is 12.2. The molecule has 0 saturated heterocycles. The fraction of sp³-hybridized carbons (Fsp3) is 0.500. The highest BCUT2D eigenvalue weighted by Gasteiger charge is 2.32. The molecule has 2 aliphatic heterocycles. The number of unbranched alkanes of at least 4 members (excludes halogenated alkanes) is 1. The van der Waals surface area contributed by atoms with Crippen molar-refractivity contribution in [2.24, 2.45) is 0 Å². The maximum atomic E-state index is 12.2. The van der Waals surface area contributed by atoms with Crippen molar-refractivity contribution in [2.45, 2.75) is 38.5 Å². The molecule has 2 aliphatic rings. The van der Waals surface area contributed by atoms with Crippen LogP contribution in [-0.2, 0) is 17.6 Å². The van der Waals surface area contributed by atoms with Gasteiger partial charge in [0.25, 0.3) is 0 Å². The number of alkyl halides is 1. The molecule has 3 rings (SSSR count). The first-order valence-electron chi connectivity index (χ1n) is 7.26. The van der Waals surface area contributed by atoms with Gasteiger partial charge in [-0.25, -0.2) is 0 Å². The number of halogens is 1. The largest absolute Gasteiger partial charge is 0.312 e. The predicted molar refractivity (Wildman–Crippen MR) is 79.7 cm³/mol. The summed E-state index contributed by atoms with van der Waals surface area (Å²) in [5.41, 5.74) is 4.05. The molecule has 1 aromatic rings. The van der Waals surface area contributed by atoms with E-state index in [0.29, 0.717) is 18.7 Å². The first kappa shape index (κ1) is 13.6. The molecule has 3 nitrogen and oxygen atoms in total. The quantitative estimate of drug-likeness (QED) is 0.475. The van der Waals surface area contributed by atoms with Crippen molar-refractivity contribution in [1.82, 2.24) is 0 Å². The molecule has 1 aromatic carbocycles. The second-order valence-corrected chi connectivity index (χ2v) is 5.92. The Kier molecular flexibility index (Phi) is 3.79. The molecule has 0 spiro atoms.